The summed E-state index contributed by atoms with van der Waals surface area (Å²) in [5, 5.41) is 5.56. The van der Waals surface area contributed by atoms with Crippen LogP contribution in [0.4, 0.5) is 0 Å². The van der Waals surface area contributed by atoms with Crippen molar-refractivity contribution in [3.8, 4) is 0 Å². The quantitative estimate of drug-likeness (QED) is 0.357. The molecule has 0 bridgehead atoms. The Balaban J connectivity index is 1.96. The highest BCUT2D eigenvalue weighted by molar-refractivity contribution is 6.22. The van der Waals surface area contributed by atoms with Gasteiger partial charge in [0.1, 0.15) is 0 Å². The smallest absolute Gasteiger partial charge is 0.335 e. The normalized spacial score (nSPS) is 18.6. The first-order valence-electron chi connectivity index (χ1n) is 11.1. The van der Waals surface area contributed by atoms with Crippen molar-refractivity contribution < 1.29 is 19.1 Å². The minimum Gasteiger partial charge on any atom is -0.466 e. The van der Waals surface area contributed by atoms with Crippen LogP contribution in [0.2, 0.25) is 0 Å². The van der Waals surface area contributed by atoms with Gasteiger partial charge in [0.2, 0.25) is 0 Å². The van der Waals surface area contributed by atoms with Gasteiger partial charge in [0.05, 0.1) is 19.8 Å². The number of hydrogen-bond donors (Lipinski definition) is 0. The third kappa shape index (κ3) is 2.64. The van der Waals surface area contributed by atoms with Gasteiger partial charge >= 0.3 is 11.9 Å². The predicted octanol–water partition coefficient (Wildman–Crippen LogP) is 3.61. The average molecular weight is 434 g/mol. The van der Waals surface area contributed by atoms with Crippen molar-refractivity contribution >= 4 is 44.6 Å². The highest BCUT2D eigenvalue weighted by Gasteiger charge is 2.45. The van der Waals surface area contributed by atoms with Crippen LogP contribution in [0.1, 0.15) is 17.0 Å². The number of carbonyl (C=O) groups is 2. The topological polar surface area (TPSA) is 52.6 Å². The summed E-state index contributed by atoms with van der Waals surface area (Å²) in [6, 6.07) is 24.3. The summed E-state index contributed by atoms with van der Waals surface area (Å²) in [4.78, 5) is 26.8. The van der Waals surface area contributed by atoms with Crippen LogP contribution in [0, 0.1) is 5.92 Å². The summed E-state index contributed by atoms with van der Waals surface area (Å²) in [5.74, 6) is -1.16. The second kappa shape index (κ2) is 7.31. The second-order valence-electron chi connectivity index (χ2n) is 8.64. The van der Waals surface area contributed by atoms with E-state index in [0.29, 0.717) is 17.6 Å². The van der Waals surface area contributed by atoms with E-state index in [-0.39, 0.29) is 23.8 Å². The zero-order valence-corrected chi connectivity index (χ0v) is 18.4. The van der Waals surface area contributed by atoms with Crippen molar-refractivity contribution in [1.29, 1.82) is 0 Å². The van der Waals surface area contributed by atoms with Crippen LogP contribution in [-0.2, 0) is 25.5 Å². The largest absolute Gasteiger partial charge is 0.466 e. The van der Waals surface area contributed by atoms with Gasteiger partial charge in [0, 0.05) is 27.8 Å². The SMILES string of the molecule is COC(=O)C1=c2c(c3ccccc3c3ccccc23)=C(C(=O)OC)[C@@H]2c3ccccc3C[C@H]12. The average Bonchev–Trinajstić information content (AvgIpc) is 3.25. The molecule has 0 radical (unpaired) electrons. The van der Waals surface area contributed by atoms with E-state index >= 15 is 0 Å². The Hall–Kier alpha value is -3.92. The van der Waals surface area contributed by atoms with Crippen molar-refractivity contribution in [3.63, 3.8) is 0 Å². The van der Waals surface area contributed by atoms with Gasteiger partial charge in [-0.1, -0.05) is 72.8 Å². The van der Waals surface area contributed by atoms with E-state index < -0.39 is 0 Å². The first-order chi connectivity index (χ1) is 16.2. The third-order valence-electron chi connectivity index (χ3n) is 7.20. The van der Waals surface area contributed by atoms with Crippen molar-refractivity contribution in [2.45, 2.75) is 12.3 Å². The highest BCUT2D eigenvalue weighted by atomic mass is 16.5. The zero-order valence-electron chi connectivity index (χ0n) is 18.4. The maximum Gasteiger partial charge on any atom is 0.335 e. The van der Waals surface area contributed by atoms with Crippen molar-refractivity contribution in [3.05, 3.63) is 94.4 Å². The molecule has 4 aromatic carbocycles. The standard InChI is InChI=1S/C29H22O4/c1-32-28(30)26-22-15-16-9-3-4-10-17(16)23(22)27(29(31)33-2)25-21-14-8-6-12-19(21)18-11-5-7-13-20(18)24(25)26/h3-14,22-23H,15H2,1-2H3/t22-,23+/m0/s1. The zero-order chi connectivity index (χ0) is 22.7. The summed E-state index contributed by atoms with van der Waals surface area (Å²) < 4.78 is 10.7. The molecule has 162 valence electrons. The van der Waals surface area contributed by atoms with E-state index in [9.17, 15) is 9.59 Å². The van der Waals surface area contributed by atoms with Crippen LogP contribution in [-0.4, -0.2) is 26.2 Å². The lowest BCUT2D eigenvalue weighted by atomic mass is 9.74. The molecule has 33 heavy (non-hydrogen) atoms. The Kier molecular flexibility index (Phi) is 4.37. The fourth-order valence-electron chi connectivity index (χ4n) is 5.96. The molecule has 0 fully saturated rings. The summed E-state index contributed by atoms with van der Waals surface area (Å²) >= 11 is 0. The summed E-state index contributed by atoms with van der Waals surface area (Å²) in [5.41, 5.74) is 3.49. The molecule has 0 aromatic heterocycles. The van der Waals surface area contributed by atoms with E-state index in [0.717, 1.165) is 43.1 Å². The monoisotopic (exact) mass is 434 g/mol. The number of esters is 2. The maximum atomic E-state index is 13.4. The Bertz CT molecular complexity index is 1610. The highest BCUT2D eigenvalue weighted by Crippen LogP contribution is 2.48. The first kappa shape index (κ1) is 19.7. The van der Waals surface area contributed by atoms with Crippen LogP contribution in [0.5, 0.6) is 0 Å². The molecule has 2 aliphatic carbocycles. The molecule has 0 saturated carbocycles. The lowest BCUT2D eigenvalue weighted by Crippen LogP contribution is -2.44. The molecule has 0 aliphatic heterocycles. The van der Waals surface area contributed by atoms with Crippen molar-refractivity contribution in [2.75, 3.05) is 14.2 Å². The number of ether oxygens (including phenoxy) is 2. The molecule has 0 saturated heterocycles. The van der Waals surface area contributed by atoms with Gasteiger partial charge in [-0.25, -0.2) is 9.59 Å². The molecule has 0 unspecified atom stereocenters. The van der Waals surface area contributed by atoms with Gasteiger partial charge in [-0.05, 0) is 39.1 Å². The number of fused-ring (bicyclic) bond motifs is 9. The first-order valence-corrected chi connectivity index (χ1v) is 11.1. The van der Waals surface area contributed by atoms with Crippen LogP contribution in [0.25, 0.3) is 32.7 Å². The van der Waals surface area contributed by atoms with E-state index in [1.165, 1.54) is 14.2 Å². The number of methoxy groups -OCH3 is 2. The van der Waals surface area contributed by atoms with Gasteiger partial charge < -0.3 is 9.47 Å². The Morgan fingerprint density at radius 3 is 1.76 bits per heavy atom. The number of hydrogen-bond acceptors (Lipinski definition) is 4. The number of benzene rings is 4. The lowest BCUT2D eigenvalue weighted by molar-refractivity contribution is -0.135. The van der Waals surface area contributed by atoms with Crippen molar-refractivity contribution in [2.24, 2.45) is 5.92 Å². The molecule has 0 spiro atoms. The van der Waals surface area contributed by atoms with Gasteiger partial charge in [0.25, 0.3) is 0 Å². The summed E-state index contributed by atoms with van der Waals surface area (Å²) in [7, 11) is 2.85. The third-order valence-corrected chi connectivity index (χ3v) is 7.20. The minimum absolute atomic E-state index is 0.194. The molecule has 4 nitrogen and oxygen atoms in total. The van der Waals surface area contributed by atoms with Gasteiger partial charge in [0.15, 0.2) is 0 Å². The molecule has 2 atom stereocenters. The predicted molar refractivity (Wildman–Crippen MR) is 128 cm³/mol. The molecule has 0 heterocycles. The van der Waals surface area contributed by atoms with E-state index in [4.69, 9.17) is 9.47 Å². The molecule has 2 aliphatic rings. The fraction of sp³-hybridized carbons (Fsp3) is 0.172. The van der Waals surface area contributed by atoms with Crippen LogP contribution >= 0.6 is 0 Å². The maximum absolute atomic E-state index is 13.4. The molecule has 6 rings (SSSR count). The molecule has 4 aromatic rings. The number of rotatable bonds is 2. The van der Waals surface area contributed by atoms with Crippen LogP contribution in [0.15, 0.2) is 72.8 Å². The van der Waals surface area contributed by atoms with E-state index in [2.05, 4.69) is 24.3 Å². The molecular weight excluding hydrogens is 412 g/mol. The lowest BCUT2D eigenvalue weighted by Gasteiger charge is -2.29. The number of carbonyl (C=O) groups excluding carboxylic acids is 2. The molecular formula is C29H22O4. The van der Waals surface area contributed by atoms with Gasteiger partial charge in [-0.15, -0.1) is 0 Å². The van der Waals surface area contributed by atoms with Crippen molar-refractivity contribution in [1.82, 2.24) is 0 Å². The van der Waals surface area contributed by atoms with Gasteiger partial charge in [-0.2, -0.15) is 0 Å². The fourth-order valence-corrected chi connectivity index (χ4v) is 5.96. The Morgan fingerprint density at radius 1 is 0.667 bits per heavy atom. The molecule has 0 N–H and O–H groups in total. The van der Waals surface area contributed by atoms with Crippen LogP contribution in [0.3, 0.4) is 0 Å². The minimum atomic E-state index is -0.354. The Labute approximate surface area is 190 Å². The summed E-state index contributed by atoms with van der Waals surface area (Å²) in [6.45, 7) is 0. The molecule has 0 amide bonds. The van der Waals surface area contributed by atoms with E-state index in [1.54, 1.807) is 0 Å². The second-order valence-corrected chi connectivity index (χ2v) is 8.64. The molecule has 4 heteroatoms. The summed E-state index contributed by atoms with van der Waals surface area (Å²) in [6.07, 6.45) is 0.673. The van der Waals surface area contributed by atoms with Gasteiger partial charge in [-0.3, -0.25) is 0 Å². The van der Waals surface area contributed by atoms with Crippen LogP contribution < -0.4 is 10.4 Å². The van der Waals surface area contributed by atoms with E-state index in [1.807, 2.05) is 48.5 Å². The Morgan fingerprint density at radius 2 is 1.15 bits per heavy atom.